The molecule has 0 amide bonds. The van der Waals surface area contributed by atoms with E-state index in [2.05, 4.69) is 19.9 Å². The minimum atomic E-state index is 0.392. The molecule has 0 aromatic rings. The lowest BCUT2D eigenvalue weighted by Gasteiger charge is -2.05. The molecule has 1 saturated carbocycles. The maximum atomic E-state index is 11.3. The molecule has 0 N–H and O–H groups in total. The molecule has 0 radical (unpaired) electrons. The van der Waals surface area contributed by atoms with E-state index in [1.54, 1.807) is 0 Å². The van der Waals surface area contributed by atoms with Crippen molar-refractivity contribution >= 4 is 5.78 Å². The Balaban J connectivity index is 2.39. The monoisotopic (exact) mass is 180 g/mol. The van der Waals surface area contributed by atoms with Crippen molar-refractivity contribution < 1.29 is 4.79 Å². The third-order valence-electron chi connectivity index (χ3n) is 2.71. The summed E-state index contributed by atoms with van der Waals surface area (Å²) in [6.07, 6.45) is 8.84. The molecule has 1 nitrogen and oxygen atoms in total. The van der Waals surface area contributed by atoms with Gasteiger partial charge in [-0.3, -0.25) is 4.79 Å². The number of carbonyl (C=O) groups excluding carboxylic acids is 1. The van der Waals surface area contributed by atoms with Crippen LogP contribution in [0.2, 0.25) is 0 Å². The van der Waals surface area contributed by atoms with Crippen LogP contribution in [0.5, 0.6) is 0 Å². The topological polar surface area (TPSA) is 17.1 Å². The minimum absolute atomic E-state index is 0.392. The number of allylic oxidation sites excluding steroid dienone is 2. The van der Waals surface area contributed by atoms with Crippen LogP contribution in [-0.2, 0) is 4.79 Å². The maximum absolute atomic E-state index is 11.3. The average molecular weight is 180 g/mol. The van der Waals surface area contributed by atoms with E-state index in [1.807, 2.05) is 0 Å². The highest BCUT2D eigenvalue weighted by molar-refractivity contribution is 5.97. The summed E-state index contributed by atoms with van der Waals surface area (Å²) in [7, 11) is 0. The van der Waals surface area contributed by atoms with Gasteiger partial charge in [0.1, 0.15) is 0 Å². The summed E-state index contributed by atoms with van der Waals surface area (Å²) in [6.45, 7) is 4.43. The lowest BCUT2D eigenvalue weighted by atomic mass is 10.0. The van der Waals surface area contributed by atoms with E-state index < -0.39 is 0 Å². The summed E-state index contributed by atoms with van der Waals surface area (Å²) in [5.74, 6) is 0.986. The second-order valence-corrected chi connectivity index (χ2v) is 4.09. The zero-order valence-electron chi connectivity index (χ0n) is 8.81. The predicted octanol–water partition coefficient (Wildman–Crippen LogP) is 3.49. The smallest absolute Gasteiger partial charge is 0.158 e. The van der Waals surface area contributed by atoms with Gasteiger partial charge in [-0.2, -0.15) is 0 Å². The second kappa shape index (κ2) is 5.21. The first kappa shape index (κ1) is 10.5. The Morgan fingerprint density at radius 1 is 1.46 bits per heavy atom. The van der Waals surface area contributed by atoms with E-state index in [4.69, 9.17) is 0 Å². The van der Waals surface area contributed by atoms with Crippen LogP contribution in [0.1, 0.15) is 52.4 Å². The van der Waals surface area contributed by atoms with Crippen molar-refractivity contribution in [1.29, 1.82) is 0 Å². The molecule has 0 bridgehead atoms. The molecule has 1 atom stereocenters. The van der Waals surface area contributed by atoms with Crippen molar-refractivity contribution in [3.63, 3.8) is 0 Å². The Morgan fingerprint density at radius 3 is 2.77 bits per heavy atom. The Bertz CT molecular complexity index is 203. The van der Waals surface area contributed by atoms with Gasteiger partial charge in [-0.25, -0.2) is 0 Å². The van der Waals surface area contributed by atoms with Crippen LogP contribution in [0.3, 0.4) is 0 Å². The molecule has 1 fully saturated rings. The number of hydrogen-bond acceptors (Lipinski definition) is 1. The summed E-state index contributed by atoms with van der Waals surface area (Å²) in [5.41, 5.74) is 1.10. The molecule has 0 saturated heterocycles. The van der Waals surface area contributed by atoms with Crippen LogP contribution in [0.15, 0.2) is 11.6 Å². The van der Waals surface area contributed by atoms with Crippen LogP contribution >= 0.6 is 0 Å². The Morgan fingerprint density at radius 2 is 2.23 bits per heavy atom. The first-order valence-corrected chi connectivity index (χ1v) is 5.48. The third kappa shape index (κ3) is 3.33. The average Bonchev–Trinajstić information content (AvgIpc) is 2.48. The van der Waals surface area contributed by atoms with Gasteiger partial charge < -0.3 is 0 Å². The van der Waals surface area contributed by atoms with Gasteiger partial charge in [0.2, 0.25) is 0 Å². The maximum Gasteiger partial charge on any atom is 0.158 e. The summed E-state index contributed by atoms with van der Waals surface area (Å²) >= 11 is 0. The Hall–Kier alpha value is -0.590. The summed E-state index contributed by atoms with van der Waals surface area (Å²) in [4.78, 5) is 11.3. The van der Waals surface area contributed by atoms with Crippen molar-refractivity contribution in [1.82, 2.24) is 0 Å². The van der Waals surface area contributed by atoms with Crippen molar-refractivity contribution in [2.75, 3.05) is 0 Å². The summed E-state index contributed by atoms with van der Waals surface area (Å²) in [6, 6.07) is 0. The largest absolute Gasteiger partial charge is 0.295 e. The van der Waals surface area contributed by atoms with Gasteiger partial charge in [0.25, 0.3) is 0 Å². The summed E-state index contributed by atoms with van der Waals surface area (Å²) in [5, 5.41) is 0. The van der Waals surface area contributed by atoms with Gasteiger partial charge >= 0.3 is 0 Å². The number of hydrogen-bond donors (Lipinski definition) is 0. The molecule has 1 heteroatoms. The lowest BCUT2D eigenvalue weighted by molar-refractivity contribution is -0.114. The predicted molar refractivity (Wildman–Crippen MR) is 55.6 cm³/mol. The van der Waals surface area contributed by atoms with Crippen LogP contribution in [0.4, 0.5) is 0 Å². The van der Waals surface area contributed by atoms with Crippen molar-refractivity contribution in [2.45, 2.75) is 52.4 Å². The number of rotatable bonds is 4. The SMILES string of the molecule is CCCCC(C)/C=C1\CCCC1=O. The Labute approximate surface area is 81.2 Å². The number of unbranched alkanes of at least 4 members (excludes halogenated alkanes) is 1. The number of Topliss-reactive ketones (excluding diaryl/α,β-unsaturated/α-hetero) is 1. The van der Waals surface area contributed by atoms with Crippen LogP contribution < -0.4 is 0 Å². The van der Waals surface area contributed by atoms with Crippen molar-refractivity contribution in [3.8, 4) is 0 Å². The van der Waals surface area contributed by atoms with Gasteiger partial charge in [0, 0.05) is 6.42 Å². The zero-order valence-corrected chi connectivity index (χ0v) is 8.81. The first-order chi connectivity index (χ1) is 6.24. The molecule has 0 spiro atoms. The molecular formula is C12H20O. The molecule has 0 aromatic carbocycles. The highest BCUT2D eigenvalue weighted by Gasteiger charge is 2.17. The number of carbonyl (C=O) groups is 1. The molecule has 13 heavy (non-hydrogen) atoms. The molecule has 0 heterocycles. The summed E-state index contributed by atoms with van der Waals surface area (Å²) < 4.78 is 0. The highest BCUT2D eigenvalue weighted by atomic mass is 16.1. The van der Waals surface area contributed by atoms with Crippen LogP contribution in [0.25, 0.3) is 0 Å². The zero-order chi connectivity index (χ0) is 9.68. The second-order valence-electron chi connectivity index (χ2n) is 4.09. The molecule has 1 unspecified atom stereocenters. The van der Waals surface area contributed by atoms with Gasteiger partial charge in [-0.05, 0) is 30.8 Å². The molecule has 0 aliphatic heterocycles. The normalized spacial score (nSPS) is 22.6. The molecule has 1 aliphatic rings. The third-order valence-corrected chi connectivity index (χ3v) is 2.71. The van der Waals surface area contributed by atoms with Crippen LogP contribution in [-0.4, -0.2) is 5.78 Å². The number of ketones is 1. The van der Waals surface area contributed by atoms with Gasteiger partial charge in [0.05, 0.1) is 0 Å². The quantitative estimate of drug-likeness (QED) is 0.605. The molecule has 74 valence electrons. The fourth-order valence-electron chi connectivity index (χ4n) is 1.87. The minimum Gasteiger partial charge on any atom is -0.295 e. The van der Waals surface area contributed by atoms with Crippen molar-refractivity contribution in [3.05, 3.63) is 11.6 Å². The molecule has 1 rings (SSSR count). The van der Waals surface area contributed by atoms with Gasteiger partial charge in [-0.15, -0.1) is 0 Å². The van der Waals surface area contributed by atoms with Gasteiger partial charge in [-0.1, -0.05) is 32.8 Å². The first-order valence-electron chi connectivity index (χ1n) is 5.48. The van der Waals surface area contributed by atoms with E-state index in [-0.39, 0.29) is 0 Å². The molecular weight excluding hydrogens is 160 g/mol. The van der Waals surface area contributed by atoms with E-state index in [0.717, 1.165) is 24.8 Å². The highest BCUT2D eigenvalue weighted by Crippen LogP contribution is 2.23. The van der Waals surface area contributed by atoms with Crippen LogP contribution in [0, 0.1) is 5.92 Å². The fraction of sp³-hybridized carbons (Fsp3) is 0.750. The van der Waals surface area contributed by atoms with E-state index >= 15 is 0 Å². The van der Waals surface area contributed by atoms with E-state index in [1.165, 1.54) is 19.3 Å². The fourth-order valence-corrected chi connectivity index (χ4v) is 1.87. The lowest BCUT2D eigenvalue weighted by Crippen LogP contribution is -1.96. The van der Waals surface area contributed by atoms with Gasteiger partial charge in [0.15, 0.2) is 5.78 Å². The Kier molecular flexibility index (Phi) is 4.20. The van der Waals surface area contributed by atoms with E-state index in [0.29, 0.717) is 11.7 Å². The van der Waals surface area contributed by atoms with E-state index in [9.17, 15) is 4.79 Å². The standard InChI is InChI=1S/C12H20O/c1-3-4-6-10(2)9-11-7-5-8-12(11)13/h9-10H,3-8H2,1-2H3/b11-9+. The van der Waals surface area contributed by atoms with Crippen molar-refractivity contribution in [2.24, 2.45) is 5.92 Å². The molecule has 0 aromatic heterocycles. The molecule has 1 aliphatic carbocycles.